The second-order valence-corrected chi connectivity index (χ2v) is 6.44. The van der Waals surface area contributed by atoms with E-state index in [9.17, 15) is 8.42 Å². The van der Waals surface area contributed by atoms with Gasteiger partial charge in [-0.1, -0.05) is 29.8 Å². The van der Waals surface area contributed by atoms with Gasteiger partial charge in [0.15, 0.2) is 0 Å². The van der Waals surface area contributed by atoms with Gasteiger partial charge in [0.05, 0.1) is 5.75 Å². The molecule has 0 bridgehead atoms. The number of nitrogens with two attached hydrogens (primary N) is 1. The maximum absolute atomic E-state index is 11.8. The summed E-state index contributed by atoms with van der Waals surface area (Å²) >= 11 is 0. The van der Waals surface area contributed by atoms with Gasteiger partial charge in [-0.05, 0) is 38.8 Å². The molecule has 0 aliphatic carbocycles. The Morgan fingerprint density at radius 3 is 2.39 bits per heavy atom. The Kier molecular flexibility index (Phi) is 5.78. The lowest BCUT2D eigenvalue weighted by Crippen LogP contribution is -2.29. The van der Waals surface area contributed by atoms with Crippen LogP contribution < -0.4 is 10.5 Å². The normalized spacial score (nSPS) is 13.5. The third-order valence-corrected chi connectivity index (χ3v) is 4.34. The monoisotopic (exact) mass is 270 g/mol. The Hall–Kier alpha value is -0.910. The van der Waals surface area contributed by atoms with Crippen molar-refractivity contribution in [3.63, 3.8) is 0 Å². The molecule has 0 spiro atoms. The molecule has 1 aromatic carbocycles. The van der Waals surface area contributed by atoms with Crippen molar-refractivity contribution in [1.82, 2.24) is 4.72 Å². The predicted octanol–water partition coefficient (Wildman–Crippen LogP) is 1.71. The highest BCUT2D eigenvalue weighted by molar-refractivity contribution is 7.89. The Labute approximate surface area is 110 Å². The molecule has 0 saturated carbocycles. The summed E-state index contributed by atoms with van der Waals surface area (Å²) < 4.78 is 26.3. The molecule has 0 aliphatic heterocycles. The van der Waals surface area contributed by atoms with E-state index in [1.807, 2.05) is 38.1 Å². The van der Waals surface area contributed by atoms with Crippen molar-refractivity contribution >= 4 is 10.0 Å². The molecule has 0 aromatic heterocycles. The van der Waals surface area contributed by atoms with Crippen molar-refractivity contribution in [2.24, 2.45) is 5.73 Å². The minimum absolute atomic E-state index is 0.139. The van der Waals surface area contributed by atoms with E-state index in [-0.39, 0.29) is 11.8 Å². The molecule has 4 nitrogen and oxygen atoms in total. The molecule has 1 rings (SSSR count). The quantitative estimate of drug-likeness (QED) is 0.741. The Morgan fingerprint density at radius 2 is 1.83 bits per heavy atom. The molecule has 18 heavy (non-hydrogen) atoms. The summed E-state index contributed by atoms with van der Waals surface area (Å²) in [7, 11) is -3.22. The summed E-state index contributed by atoms with van der Waals surface area (Å²) in [5, 5.41) is 0. The number of benzene rings is 1. The highest BCUT2D eigenvalue weighted by Gasteiger charge is 2.15. The van der Waals surface area contributed by atoms with Crippen molar-refractivity contribution in [2.45, 2.75) is 32.7 Å². The SMILES string of the molecule is Cc1ccc(C(C)NS(=O)(=O)CCCCN)cc1. The van der Waals surface area contributed by atoms with E-state index in [4.69, 9.17) is 5.73 Å². The van der Waals surface area contributed by atoms with Crippen LogP contribution in [-0.4, -0.2) is 20.7 Å². The summed E-state index contributed by atoms with van der Waals surface area (Å²) in [4.78, 5) is 0. The first kappa shape index (κ1) is 15.1. The summed E-state index contributed by atoms with van der Waals surface area (Å²) in [6.45, 7) is 4.39. The molecule has 0 aliphatic rings. The van der Waals surface area contributed by atoms with Crippen molar-refractivity contribution in [3.8, 4) is 0 Å². The first-order valence-electron chi connectivity index (χ1n) is 6.21. The number of rotatable bonds is 7. The van der Waals surface area contributed by atoms with Crippen molar-refractivity contribution in [2.75, 3.05) is 12.3 Å². The number of unbranched alkanes of at least 4 members (excludes halogenated alkanes) is 1. The van der Waals surface area contributed by atoms with Gasteiger partial charge >= 0.3 is 0 Å². The van der Waals surface area contributed by atoms with Crippen molar-refractivity contribution in [3.05, 3.63) is 35.4 Å². The third-order valence-electron chi connectivity index (χ3n) is 2.80. The molecule has 5 heteroatoms. The topological polar surface area (TPSA) is 72.2 Å². The molecule has 0 fully saturated rings. The second-order valence-electron chi connectivity index (χ2n) is 4.56. The highest BCUT2D eigenvalue weighted by atomic mass is 32.2. The van der Waals surface area contributed by atoms with Crippen LogP contribution in [0.5, 0.6) is 0 Å². The van der Waals surface area contributed by atoms with E-state index in [1.54, 1.807) is 0 Å². The zero-order chi connectivity index (χ0) is 13.6. The Morgan fingerprint density at radius 1 is 1.22 bits per heavy atom. The minimum atomic E-state index is -3.22. The summed E-state index contributed by atoms with van der Waals surface area (Å²) in [5.74, 6) is 0.139. The standard InChI is InChI=1S/C13H22N2O2S/c1-11-5-7-13(8-6-11)12(2)15-18(16,17)10-4-3-9-14/h5-8,12,15H,3-4,9-10,14H2,1-2H3. The lowest BCUT2D eigenvalue weighted by atomic mass is 10.1. The predicted molar refractivity (Wildman–Crippen MR) is 74.8 cm³/mol. The number of hydrogen-bond acceptors (Lipinski definition) is 3. The maximum atomic E-state index is 11.8. The van der Waals surface area contributed by atoms with Crippen LogP contribution in [0.15, 0.2) is 24.3 Å². The third kappa shape index (κ3) is 5.16. The first-order valence-corrected chi connectivity index (χ1v) is 7.86. The van der Waals surface area contributed by atoms with Gasteiger partial charge < -0.3 is 5.73 Å². The van der Waals surface area contributed by atoms with Gasteiger partial charge in [-0.25, -0.2) is 13.1 Å². The van der Waals surface area contributed by atoms with Crippen LogP contribution in [0.2, 0.25) is 0 Å². The molecule has 0 heterocycles. The number of sulfonamides is 1. The average molecular weight is 270 g/mol. The zero-order valence-corrected chi connectivity index (χ0v) is 11.8. The minimum Gasteiger partial charge on any atom is -0.330 e. The average Bonchev–Trinajstić information content (AvgIpc) is 2.29. The van der Waals surface area contributed by atoms with E-state index in [0.717, 1.165) is 17.5 Å². The zero-order valence-electron chi connectivity index (χ0n) is 11.0. The molecule has 0 amide bonds. The molecular formula is C13H22N2O2S. The first-order chi connectivity index (χ1) is 8.44. The van der Waals surface area contributed by atoms with E-state index in [2.05, 4.69) is 4.72 Å². The van der Waals surface area contributed by atoms with Crippen LogP contribution in [0, 0.1) is 6.92 Å². The van der Waals surface area contributed by atoms with E-state index >= 15 is 0 Å². The second kappa shape index (κ2) is 6.87. The summed E-state index contributed by atoms with van der Waals surface area (Å²) in [5.41, 5.74) is 7.49. The van der Waals surface area contributed by atoms with E-state index in [0.29, 0.717) is 13.0 Å². The summed E-state index contributed by atoms with van der Waals surface area (Å²) in [6, 6.07) is 7.65. The highest BCUT2D eigenvalue weighted by Crippen LogP contribution is 2.14. The van der Waals surface area contributed by atoms with Crippen LogP contribution in [0.4, 0.5) is 0 Å². The van der Waals surface area contributed by atoms with Gasteiger partial charge in [-0.3, -0.25) is 0 Å². The van der Waals surface area contributed by atoms with Gasteiger partial charge in [0.2, 0.25) is 10.0 Å². The fourth-order valence-corrected chi connectivity index (χ4v) is 3.06. The summed E-state index contributed by atoms with van der Waals surface area (Å²) in [6.07, 6.45) is 1.34. The smallest absolute Gasteiger partial charge is 0.212 e. The van der Waals surface area contributed by atoms with Gasteiger partial charge in [-0.2, -0.15) is 0 Å². The van der Waals surface area contributed by atoms with Crippen LogP contribution >= 0.6 is 0 Å². The number of nitrogens with one attached hydrogen (secondary N) is 1. The van der Waals surface area contributed by atoms with Crippen LogP contribution in [0.25, 0.3) is 0 Å². The van der Waals surface area contributed by atoms with Crippen LogP contribution in [0.1, 0.15) is 36.9 Å². The molecular weight excluding hydrogens is 248 g/mol. The van der Waals surface area contributed by atoms with Gasteiger partial charge in [0.1, 0.15) is 0 Å². The molecule has 0 saturated heterocycles. The molecule has 1 atom stereocenters. The molecule has 3 N–H and O–H groups in total. The van der Waals surface area contributed by atoms with E-state index in [1.165, 1.54) is 0 Å². The lowest BCUT2D eigenvalue weighted by molar-refractivity contribution is 0.563. The van der Waals surface area contributed by atoms with Crippen molar-refractivity contribution < 1.29 is 8.42 Å². The fraction of sp³-hybridized carbons (Fsp3) is 0.538. The molecule has 0 radical (unpaired) electrons. The maximum Gasteiger partial charge on any atom is 0.212 e. The molecule has 1 unspecified atom stereocenters. The van der Waals surface area contributed by atoms with Crippen molar-refractivity contribution in [1.29, 1.82) is 0 Å². The number of hydrogen-bond donors (Lipinski definition) is 2. The Balaban J connectivity index is 2.58. The largest absolute Gasteiger partial charge is 0.330 e. The lowest BCUT2D eigenvalue weighted by Gasteiger charge is -2.14. The number of aryl methyl sites for hydroxylation is 1. The van der Waals surface area contributed by atoms with Gasteiger partial charge in [0, 0.05) is 6.04 Å². The van der Waals surface area contributed by atoms with Gasteiger partial charge in [0.25, 0.3) is 0 Å². The fourth-order valence-electron chi connectivity index (χ4n) is 1.69. The molecule has 1 aromatic rings. The van der Waals surface area contributed by atoms with Gasteiger partial charge in [-0.15, -0.1) is 0 Å². The Bertz CT molecular complexity index is 454. The van der Waals surface area contributed by atoms with Crippen LogP contribution in [-0.2, 0) is 10.0 Å². The van der Waals surface area contributed by atoms with Crippen LogP contribution in [0.3, 0.4) is 0 Å². The van der Waals surface area contributed by atoms with E-state index < -0.39 is 10.0 Å². The molecule has 102 valence electrons.